The van der Waals surface area contributed by atoms with E-state index in [1.54, 1.807) is 7.11 Å². The molecule has 144 valence electrons. The molecule has 6 heteroatoms. The van der Waals surface area contributed by atoms with E-state index >= 15 is 0 Å². The molecule has 0 unspecified atom stereocenters. The second-order valence-electron chi connectivity index (χ2n) is 7.44. The zero-order valence-electron chi connectivity index (χ0n) is 16.0. The van der Waals surface area contributed by atoms with Gasteiger partial charge in [-0.25, -0.2) is 0 Å². The molecule has 2 heterocycles. The van der Waals surface area contributed by atoms with Gasteiger partial charge in [-0.3, -0.25) is 9.69 Å². The Morgan fingerprint density at radius 2 is 2.08 bits per heavy atom. The van der Waals surface area contributed by atoms with Crippen molar-refractivity contribution in [1.82, 2.24) is 15.5 Å². The molecule has 0 bridgehead atoms. The largest absolute Gasteiger partial charge is 0.493 e. The summed E-state index contributed by atoms with van der Waals surface area (Å²) in [4.78, 5) is 14.1. The first kappa shape index (κ1) is 19.0. The van der Waals surface area contributed by atoms with E-state index in [0.29, 0.717) is 23.5 Å². The lowest BCUT2D eigenvalue weighted by molar-refractivity contribution is -0.123. The number of hydrogen-bond donors (Lipinski definition) is 2. The molecule has 0 aliphatic carbocycles. The average Bonchev–Trinajstić information content (AvgIpc) is 3.03. The van der Waals surface area contributed by atoms with Crippen molar-refractivity contribution in [1.29, 1.82) is 0 Å². The lowest BCUT2D eigenvalue weighted by Crippen LogP contribution is -2.38. The third-order valence-electron chi connectivity index (χ3n) is 5.55. The number of nitrogens with zero attached hydrogens (tertiary/aromatic N) is 1. The number of likely N-dealkylation sites (tertiary alicyclic amines) is 1. The quantitative estimate of drug-likeness (QED) is 0.775. The third kappa shape index (κ3) is 4.68. The van der Waals surface area contributed by atoms with Crippen LogP contribution in [0, 0.1) is 5.41 Å². The van der Waals surface area contributed by atoms with Gasteiger partial charge in [-0.15, -0.1) is 0 Å². The van der Waals surface area contributed by atoms with Crippen LogP contribution in [-0.4, -0.2) is 57.2 Å². The summed E-state index contributed by atoms with van der Waals surface area (Å²) in [5.41, 5.74) is 1.74. The lowest BCUT2D eigenvalue weighted by atomic mass is 9.78. The van der Waals surface area contributed by atoms with Crippen LogP contribution in [0.25, 0.3) is 0 Å². The van der Waals surface area contributed by atoms with Crippen molar-refractivity contribution < 1.29 is 14.3 Å². The second-order valence-corrected chi connectivity index (χ2v) is 7.44. The summed E-state index contributed by atoms with van der Waals surface area (Å²) >= 11 is 0. The Bertz CT molecular complexity index is 614. The number of carbonyl (C=O) groups is 1. The standard InChI is InChI=1S/C20H31N3O3/c1-3-22-19(24)14-26-17-5-4-16(12-18(17)25-2)13-23-11-8-20(15-23)6-9-21-10-7-20/h4-5,12,21H,3,6-11,13-15H2,1-2H3,(H,22,24). The SMILES string of the molecule is CCNC(=O)COc1ccc(CN2CCC3(CCNCC3)C2)cc1OC. The summed E-state index contributed by atoms with van der Waals surface area (Å²) < 4.78 is 11.1. The highest BCUT2D eigenvalue weighted by molar-refractivity contribution is 5.77. The predicted molar refractivity (Wildman–Crippen MR) is 102 cm³/mol. The van der Waals surface area contributed by atoms with E-state index in [4.69, 9.17) is 9.47 Å². The minimum absolute atomic E-state index is 0.00618. The highest BCUT2D eigenvalue weighted by atomic mass is 16.5. The van der Waals surface area contributed by atoms with Gasteiger partial charge in [-0.2, -0.15) is 0 Å². The van der Waals surface area contributed by atoms with Crippen molar-refractivity contribution in [3.8, 4) is 11.5 Å². The van der Waals surface area contributed by atoms with Gasteiger partial charge in [0.2, 0.25) is 0 Å². The van der Waals surface area contributed by atoms with E-state index in [9.17, 15) is 4.79 Å². The van der Waals surface area contributed by atoms with Crippen molar-refractivity contribution in [3.63, 3.8) is 0 Å². The van der Waals surface area contributed by atoms with Crippen LogP contribution in [0.15, 0.2) is 18.2 Å². The molecule has 2 fully saturated rings. The van der Waals surface area contributed by atoms with Crippen molar-refractivity contribution in [3.05, 3.63) is 23.8 Å². The summed E-state index contributed by atoms with van der Waals surface area (Å²) in [5, 5.41) is 6.20. The van der Waals surface area contributed by atoms with Crippen LogP contribution in [-0.2, 0) is 11.3 Å². The van der Waals surface area contributed by atoms with Crippen LogP contribution in [0.5, 0.6) is 11.5 Å². The van der Waals surface area contributed by atoms with Gasteiger partial charge in [0.25, 0.3) is 5.91 Å². The maximum atomic E-state index is 11.6. The smallest absolute Gasteiger partial charge is 0.257 e. The molecule has 0 saturated carbocycles. The topological polar surface area (TPSA) is 62.8 Å². The average molecular weight is 361 g/mol. The van der Waals surface area contributed by atoms with E-state index < -0.39 is 0 Å². The molecule has 0 radical (unpaired) electrons. The Morgan fingerprint density at radius 1 is 1.27 bits per heavy atom. The van der Waals surface area contributed by atoms with Gasteiger partial charge in [0.1, 0.15) is 0 Å². The number of benzene rings is 1. The van der Waals surface area contributed by atoms with Crippen LogP contribution in [0.4, 0.5) is 0 Å². The maximum Gasteiger partial charge on any atom is 0.257 e. The Kier molecular flexibility index (Phi) is 6.38. The number of piperidine rings is 1. The monoisotopic (exact) mass is 361 g/mol. The van der Waals surface area contributed by atoms with Crippen molar-refractivity contribution in [2.24, 2.45) is 5.41 Å². The van der Waals surface area contributed by atoms with Crippen LogP contribution in [0.2, 0.25) is 0 Å². The molecule has 1 aromatic rings. The third-order valence-corrected chi connectivity index (χ3v) is 5.55. The summed E-state index contributed by atoms with van der Waals surface area (Å²) in [5.74, 6) is 1.17. The first-order chi connectivity index (χ1) is 12.6. The van der Waals surface area contributed by atoms with Crippen LogP contribution in [0.3, 0.4) is 0 Å². The molecule has 1 amide bonds. The van der Waals surface area contributed by atoms with Gasteiger partial charge in [-0.05, 0) is 68.9 Å². The number of rotatable bonds is 7. The number of ether oxygens (including phenoxy) is 2. The van der Waals surface area contributed by atoms with Crippen molar-refractivity contribution >= 4 is 5.91 Å². The fraction of sp³-hybridized carbons (Fsp3) is 0.650. The number of hydrogen-bond acceptors (Lipinski definition) is 5. The molecule has 6 nitrogen and oxygen atoms in total. The van der Waals surface area contributed by atoms with E-state index in [2.05, 4.69) is 21.6 Å². The van der Waals surface area contributed by atoms with Gasteiger partial charge in [0.15, 0.2) is 18.1 Å². The van der Waals surface area contributed by atoms with Crippen LogP contribution in [0.1, 0.15) is 31.7 Å². The lowest BCUT2D eigenvalue weighted by Gasteiger charge is -2.34. The van der Waals surface area contributed by atoms with Gasteiger partial charge < -0.3 is 20.1 Å². The Labute approximate surface area is 156 Å². The first-order valence-corrected chi connectivity index (χ1v) is 9.64. The van der Waals surface area contributed by atoms with E-state index in [0.717, 1.165) is 26.2 Å². The molecular formula is C20H31N3O3. The van der Waals surface area contributed by atoms with E-state index in [1.807, 2.05) is 19.1 Å². The van der Waals surface area contributed by atoms with Crippen molar-refractivity contribution in [2.45, 2.75) is 32.7 Å². The summed E-state index contributed by atoms with van der Waals surface area (Å²) in [7, 11) is 1.64. The van der Waals surface area contributed by atoms with Gasteiger partial charge in [0.05, 0.1) is 7.11 Å². The summed E-state index contributed by atoms with van der Waals surface area (Å²) in [6.45, 7) is 8.09. The van der Waals surface area contributed by atoms with Gasteiger partial charge in [-0.1, -0.05) is 6.07 Å². The number of carbonyl (C=O) groups excluding carboxylic acids is 1. The molecule has 1 aromatic carbocycles. The number of likely N-dealkylation sites (N-methyl/N-ethyl adjacent to an activating group) is 1. The molecule has 0 aromatic heterocycles. The molecular weight excluding hydrogens is 330 g/mol. The molecule has 1 spiro atoms. The zero-order valence-corrected chi connectivity index (χ0v) is 16.0. The fourth-order valence-corrected chi connectivity index (χ4v) is 4.11. The summed E-state index contributed by atoms with van der Waals surface area (Å²) in [6, 6.07) is 6.01. The Morgan fingerprint density at radius 3 is 2.81 bits per heavy atom. The molecule has 3 rings (SSSR count). The highest BCUT2D eigenvalue weighted by Crippen LogP contribution is 2.39. The van der Waals surface area contributed by atoms with Gasteiger partial charge in [0, 0.05) is 19.6 Å². The molecule has 2 saturated heterocycles. The Balaban J connectivity index is 1.58. The number of amides is 1. The van der Waals surface area contributed by atoms with Crippen LogP contribution < -0.4 is 20.1 Å². The molecule has 0 atom stereocenters. The minimum atomic E-state index is -0.122. The van der Waals surface area contributed by atoms with Crippen molar-refractivity contribution in [2.75, 3.05) is 46.4 Å². The molecule has 2 aliphatic rings. The normalized spacial score (nSPS) is 19.5. The number of nitrogens with one attached hydrogen (secondary N) is 2. The molecule has 26 heavy (non-hydrogen) atoms. The number of methoxy groups -OCH3 is 1. The van der Waals surface area contributed by atoms with Crippen LogP contribution >= 0.6 is 0 Å². The zero-order chi connectivity index (χ0) is 18.4. The maximum absolute atomic E-state index is 11.6. The minimum Gasteiger partial charge on any atom is -0.493 e. The van der Waals surface area contributed by atoms with E-state index in [-0.39, 0.29) is 12.5 Å². The Hall–Kier alpha value is -1.79. The second kappa shape index (κ2) is 8.73. The highest BCUT2D eigenvalue weighted by Gasteiger charge is 2.38. The molecule has 2 aliphatic heterocycles. The molecule has 2 N–H and O–H groups in total. The fourth-order valence-electron chi connectivity index (χ4n) is 4.11. The summed E-state index contributed by atoms with van der Waals surface area (Å²) in [6.07, 6.45) is 3.89. The van der Waals surface area contributed by atoms with Gasteiger partial charge >= 0.3 is 0 Å². The predicted octanol–water partition coefficient (Wildman–Crippen LogP) is 1.79. The van der Waals surface area contributed by atoms with E-state index in [1.165, 1.54) is 31.4 Å². The first-order valence-electron chi connectivity index (χ1n) is 9.64.